The standard InChI is InChI=1S/C27H22F3NO3S.C26H22ClNO3S.2C26H22FNO3S/c28-27(29,30)19-6-4-18(5-7-19)24(33)26-25(22-11-8-20(32)16-23(22)35-26)34-21-9-2-17(3-10-21)12-15-31-13-1-14-31;2*27-19-6-4-18(5-7-19)24(30)26-25(22-11-8-20(29)16-23(22)32-26)31-21-9-2-17(3-10-21)12-15-28-13-1-14-28;27-22-5-2-1-4-20(22)24(30)26-25(21-11-8-18(29)16-23(21)32-26)31-19-9-6-17(7-10-19)12-15-28-13-3-14-28/h2-11,16,32H,1,12-15H2;2*2-11,16,29H,1,12-15H2;1-2,4-11,16,29H,3,12-15H2. The van der Waals surface area contributed by atoms with Crippen LogP contribution in [0.15, 0.2) is 267 Å². The molecule has 0 radical (unpaired) electrons. The van der Waals surface area contributed by atoms with Crippen LogP contribution in [-0.2, 0) is 31.9 Å². The lowest BCUT2D eigenvalue weighted by Crippen LogP contribution is -2.38. The van der Waals surface area contributed by atoms with Gasteiger partial charge in [-0.15, -0.1) is 45.3 Å². The predicted molar refractivity (Wildman–Crippen MR) is 508 cm³/mol. The summed E-state index contributed by atoms with van der Waals surface area (Å²) < 4.78 is 94.1. The summed E-state index contributed by atoms with van der Waals surface area (Å²) in [6.45, 7) is 13.7. The Labute approximate surface area is 773 Å². The van der Waals surface area contributed by atoms with Gasteiger partial charge in [-0.3, -0.25) is 19.2 Å². The summed E-state index contributed by atoms with van der Waals surface area (Å²) >= 11 is 10.9. The molecule has 131 heavy (non-hydrogen) atoms. The average Bonchev–Trinajstić information content (AvgIpc) is 1.64. The molecule has 20 rings (SSSR count). The van der Waals surface area contributed by atoms with Gasteiger partial charge < -0.3 is 59.0 Å². The molecule has 0 amide bonds. The normalized spacial score (nSPS) is 13.9. The van der Waals surface area contributed by atoms with Crippen LogP contribution in [0.1, 0.15) is 114 Å². The molecule has 16 aromatic rings. The third kappa shape index (κ3) is 22.0. The second-order valence-corrected chi connectivity index (χ2v) is 37.1. The first-order valence-corrected chi connectivity index (χ1v) is 46.7. The maximum Gasteiger partial charge on any atom is 0.416 e. The number of rotatable bonds is 28. The van der Waals surface area contributed by atoms with Crippen molar-refractivity contribution in [3.8, 4) is 69.0 Å². The van der Waals surface area contributed by atoms with E-state index < -0.39 is 34.9 Å². The monoisotopic (exact) mass is 1850 g/mol. The van der Waals surface area contributed by atoms with Crippen molar-refractivity contribution in [1.82, 2.24) is 19.6 Å². The van der Waals surface area contributed by atoms with Crippen molar-refractivity contribution in [3.63, 3.8) is 0 Å². The number of alkyl halides is 3. The van der Waals surface area contributed by atoms with Crippen LogP contribution in [0.3, 0.4) is 0 Å². The molecule has 0 aliphatic carbocycles. The van der Waals surface area contributed by atoms with Gasteiger partial charge >= 0.3 is 6.18 Å². The number of thiophene rings is 4. The first kappa shape index (κ1) is 90.3. The molecule has 4 aliphatic rings. The topological polar surface area (TPSA) is 199 Å². The molecule has 4 fully saturated rings. The van der Waals surface area contributed by atoms with E-state index in [-0.39, 0.29) is 50.6 Å². The van der Waals surface area contributed by atoms with Crippen molar-refractivity contribution in [2.24, 2.45) is 0 Å². The van der Waals surface area contributed by atoms with Gasteiger partial charge in [0.1, 0.15) is 77.1 Å². The Morgan fingerprint density at radius 1 is 0.328 bits per heavy atom. The van der Waals surface area contributed by atoms with Crippen molar-refractivity contribution in [3.05, 3.63) is 353 Å². The van der Waals surface area contributed by atoms with E-state index in [1.807, 2.05) is 72.8 Å². The van der Waals surface area contributed by atoms with Gasteiger partial charge in [0.2, 0.25) is 23.1 Å². The molecule has 666 valence electrons. The number of hydrogen-bond donors (Lipinski definition) is 4. The molecule has 4 N–H and O–H groups in total. The Hall–Kier alpha value is -12.7. The highest BCUT2D eigenvalue weighted by atomic mass is 35.5. The minimum Gasteiger partial charge on any atom is -0.508 e. The molecule has 0 bridgehead atoms. The van der Waals surface area contributed by atoms with E-state index in [2.05, 4.69) is 43.9 Å². The fraction of sp³-hybridized carbons (Fsp3) is 0.200. The van der Waals surface area contributed by atoms with Crippen molar-refractivity contribution < 1.29 is 80.5 Å². The van der Waals surface area contributed by atoms with Gasteiger partial charge in [0.25, 0.3) is 0 Å². The van der Waals surface area contributed by atoms with E-state index in [1.165, 1.54) is 182 Å². The zero-order valence-electron chi connectivity index (χ0n) is 70.8. The molecule has 4 saturated heterocycles. The minimum absolute atomic E-state index is 0.00512. The Kier molecular flexibility index (Phi) is 28.1. The molecule has 16 nitrogen and oxygen atoms in total. The average molecular weight is 1860 g/mol. The maximum absolute atomic E-state index is 14.3. The summed E-state index contributed by atoms with van der Waals surface area (Å²) in [7, 11) is 0. The fourth-order valence-electron chi connectivity index (χ4n) is 15.4. The lowest BCUT2D eigenvalue weighted by molar-refractivity contribution is -0.137. The van der Waals surface area contributed by atoms with Gasteiger partial charge in [-0.1, -0.05) is 84.4 Å². The zero-order chi connectivity index (χ0) is 90.8. The fourth-order valence-corrected chi connectivity index (χ4v) is 20.0. The Balaban J connectivity index is 0.000000122. The van der Waals surface area contributed by atoms with Crippen LogP contribution < -0.4 is 18.9 Å². The van der Waals surface area contributed by atoms with Gasteiger partial charge in [0.05, 0.1) is 11.1 Å². The maximum atomic E-state index is 14.3. The molecular formula is C105H88ClF5N4O12S4. The number of halogens is 6. The van der Waals surface area contributed by atoms with Crippen molar-refractivity contribution in [1.29, 1.82) is 0 Å². The van der Waals surface area contributed by atoms with Gasteiger partial charge in [-0.05, 0) is 320 Å². The Morgan fingerprint density at radius 2 is 0.595 bits per heavy atom. The van der Waals surface area contributed by atoms with Crippen molar-refractivity contribution >= 4 is 120 Å². The summed E-state index contributed by atoms with van der Waals surface area (Å²) in [6, 6.07) is 73.5. The predicted octanol–water partition coefficient (Wildman–Crippen LogP) is 25.5. The van der Waals surface area contributed by atoms with Crippen LogP contribution in [0.5, 0.6) is 69.0 Å². The number of carbonyl (C=O) groups excluding carboxylic acids is 4. The highest BCUT2D eigenvalue weighted by Crippen LogP contribution is 2.48. The van der Waals surface area contributed by atoms with E-state index in [9.17, 15) is 61.6 Å². The lowest BCUT2D eigenvalue weighted by Gasteiger charge is -2.30. The third-order valence-electron chi connectivity index (χ3n) is 23.4. The largest absolute Gasteiger partial charge is 0.508 e. The molecule has 0 spiro atoms. The molecule has 4 aliphatic heterocycles. The number of carbonyl (C=O) groups is 4. The number of ether oxygens (including phenoxy) is 4. The molecule has 0 saturated carbocycles. The molecule has 8 heterocycles. The minimum atomic E-state index is -4.48. The summed E-state index contributed by atoms with van der Waals surface area (Å²) in [6.07, 6.45) is 4.59. The highest BCUT2D eigenvalue weighted by Gasteiger charge is 2.33. The van der Waals surface area contributed by atoms with Crippen LogP contribution in [0.4, 0.5) is 22.0 Å². The summed E-state index contributed by atoms with van der Waals surface area (Å²) in [5.74, 6) is 2.33. The van der Waals surface area contributed by atoms with E-state index in [0.29, 0.717) is 96.9 Å². The number of phenolic OH excluding ortho intramolecular Hbond substituents is 4. The molecule has 12 aromatic carbocycles. The van der Waals surface area contributed by atoms with Gasteiger partial charge in [0, 0.05) is 88.2 Å². The SMILES string of the molecule is O=C(c1ccc(C(F)(F)F)cc1)c1sc2cc(O)ccc2c1Oc1ccc(CCN2CCC2)cc1.O=C(c1ccc(Cl)cc1)c1sc2cc(O)ccc2c1Oc1ccc(CCN2CCC2)cc1.O=C(c1ccc(F)cc1)c1sc2cc(O)ccc2c1Oc1ccc(CCN2CCC2)cc1.O=C(c1ccccc1F)c1sc2cc(O)ccc2c1Oc1ccc(CCN2CCC2)cc1. The third-order valence-corrected chi connectivity index (χ3v) is 28.2. The first-order chi connectivity index (χ1) is 63.5. The molecular weight excluding hydrogens is 1770 g/mol. The second-order valence-electron chi connectivity index (χ2n) is 32.4. The van der Waals surface area contributed by atoms with E-state index >= 15 is 0 Å². The van der Waals surface area contributed by atoms with Crippen LogP contribution in [0.25, 0.3) is 40.3 Å². The van der Waals surface area contributed by atoms with E-state index in [0.717, 1.165) is 109 Å². The zero-order valence-corrected chi connectivity index (χ0v) is 74.8. The number of aromatic hydroxyl groups is 4. The van der Waals surface area contributed by atoms with E-state index in [1.54, 1.807) is 97.1 Å². The molecule has 0 unspecified atom stereocenters. The molecule has 0 atom stereocenters. The van der Waals surface area contributed by atoms with E-state index in [4.69, 9.17) is 30.5 Å². The number of likely N-dealkylation sites (tertiary alicyclic amines) is 4. The number of hydrogen-bond acceptors (Lipinski definition) is 20. The van der Waals surface area contributed by atoms with Crippen molar-refractivity contribution in [2.75, 3.05) is 78.5 Å². The molecule has 4 aromatic heterocycles. The van der Waals surface area contributed by atoms with Crippen molar-refractivity contribution in [2.45, 2.75) is 57.5 Å². The summed E-state index contributed by atoms with van der Waals surface area (Å²) in [5.41, 5.74) is 5.14. The van der Waals surface area contributed by atoms with Gasteiger partial charge in [-0.2, -0.15) is 13.2 Å². The second kappa shape index (κ2) is 40.8. The number of nitrogens with zero attached hydrogens (tertiary/aromatic N) is 4. The van der Waals surface area contributed by atoms with Crippen LogP contribution in [-0.4, -0.2) is 142 Å². The number of phenols is 4. The Bertz CT molecular complexity index is 6590. The highest BCUT2D eigenvalue weighted by molar-refractivity contribution is 7.22. The lowest BCUT2D eigenvalue weighted by atomic mass is 10.1. The number of ketones is 4. The van der Waals surface area contributed by atoms with Crippen LogP contribution >= 0.6 is 56.9 Å². The number of benzene rings is 12. The van der Waals surface area contributed by atoms with Gasteiger partial charge in [0.15, 0.2) is 23.0 Å². The van der Waals surface area contributed by atoms with Gasteiger partial charge in [-0.25, -0.2) is 8.78 Å². The number of fused-ring (bicyclic) bond motifs is 4. The summed E-state index contributed by atoms with van der Waals surface area (Å²) in [4.78, 5) is 64.2. The first-order valence-electron chi connectivity index (χ1n) is 43.1. The Morgan fingerprint density at radius 3 is 0.863 bits per heavy atom. The molecule has 26 heteroatoms. The summed E-state index contributed by atoms with van der Waals surface area (Å²) in [5, 5.41) is 43.0. The smallest absolute Gasteiger partial charge is 0.416 e. The van der Waals surface area contributed by atoms with Crippen LogP contribution in [0.2, 0.25) is 5.02 Å². The van der Waals surface area contributed by atoms with Crippen LogP contribution in [0, 0.1) is 11.6 Å². The quantitative estimate of drug-likeness (QED) is 0.0266.